The quantitative estimate of drug-likeness (QED) is 0.398. The van der Waals surface area contributed by atoms with E-state index < -0.39 is 0 Å². The van der Waals surface area contributed by atoms with Crippen molar-refractivity contribution in [3.63, 3.8) is 0 Å². The van der Waals surface area contributed by atoms with Gasteiger partial charge in [-0.2, -0.15) is 0 Å². The smallest absolute Gasteiger partial charge is 0.336 e. The first-order valence-corrected chi connectivity index (χ1v) is 12.0. The predicted molar refractivity (Wildman–Crippen MR) is 127 cm³/mol. The van der Waals surface area contributed by atoms with Crippen LogP contribution in [0.3, 0.4) is 0 Å². The highest BCUT2D eigenvalue weighted by Crippen LogP contribution is 2.27. The number of hydrogen-bond acceptors (Lipinski definition) is 7. The van der Waals surface area contributed by atoms with E-state index in [-0.39, 0.29) is 5.63 Å². The van der Waals surface area contributed by atoms with Gasteiger partial charge < -0.3 is 8.83 Å². The Bertz CT molecular complexity index is 1270. The lowest BCUT2D eigenvalue weighted by Gasteiger charge is -2.34. The number of hydrogen-bond donors (Lipinski definition) is 0. The SMILES string of the molecule is CCc1ccc2oc(=O)cc(CN3CCN(Cc4nc(-c5cccs5)oc4C)CC3)c2c1. The van der Waals surface area contributed by atoms with E-state index in [0.717, 1.165) is 73.0 Å². The molecule has 1 fully saturated rings. The minimum atomic E-state index is -0.279. The minimum absolute atomic E-state index is 0.279. The maximum Gasteiger partial charge on any atom is 0.336 e. The van der Waals surface area contributed by atoms with Gasteiger partial charge in [-0.3, -0.25) is 9.80 Å². The number of thiophene rings is 1. The maximum absolute atomic E-state index is 12.1. The molecule has 1 aliphatic heterocycles. The van der Waals surface area contributed by atoms with Gasteiger partial charge in [0.05, 0.1) is 10.6 Å². The van der Waals surface area contributed by atoms with Gasteiger partial charge >= 0.3 is 5.63 Å². The molecule has 4 heterocycles. The molecule has 6 nitrogen and oxygen atoms in total. The Kier molecular flexibility index (Phi) is 5.95. The Morgan fingerprint density at radius 3 is 2.53 bits per heavy atom. The van der Waals surface area contributed by atoms with Crippen LogP contribution in [-0.4, -0.2) is 41.0 Å². The van der Waals surface area contributed by atoms with Crippen molar-refractivity contribution < 1.29 is 8.83 Å². The molecule has 0 aliphatic carbocycles. The maximum atomic E-state index is 12.1. The van der Waals surface area contributed by atoms with Gasteiger partial charge in [0, 0.05) is 50.7 Å². The van der Waals surface area contributed by atoms with Crippen LogP contribution in [-0.2, 0) is 19.5 Å². The molecule has 3 aromatic heterocycles. The van der Waals surface area contributed by atoms with Gasteiger partial charge in [-0.15, -0.1) is 11.3 Å². The summed E-state index contributed by atoms with van der Waals surface area (Å²) in [4.78, 5) is 22.7. The molecule has 0 radical (unpaired) electrons. The summed E-state index contributed by atoms with van der Waals surface area (Å²) in [5.41, 5.74) is 3.71. The van der Waals surface area contributed by atoms with Crippen molar-refractivity contribution in [3.8, 4) is 10.8 Å². The molecular weight excluding hydrogens is 422 g/mol. The minimum Gasteiger partial charge on any atom is -0.440 e. The fourth-order valence-corrected chi connectivity index (χ4v) is 4.91. The summed E-state index contributed by atoms with van der Waals surface area (Å²) in [6, 6.07) is 11.8. The number of aromatic nitrogens is 1. The molecule has 5 rings (SSSR count). The average molecular weight is 450 g/mol. The second-order valence-electron chi connectivity index (χ2n) is 8.33. The first-order chi connectivity index (χ1) is 15.6. The summed E-state index contributed by atoms with van der Waals surface area (Å²) in [5.74, 6) is 1.61. The van der Waals surface area contributed by atoms with E-state index >= 15 is 0 Å². The molecule has 1 saturated heterocycles. The summed E-state index contributed by atoms with van der Waals surface area (Å²) in [6.07, 6.45) is 0.961. The number of piperazine rings is 1. The van der Waals surface area contributed by atoms with E-state index in [1.807, 2.05) is 36.6 Å². The van der Waals surface area contributed by atoms with Crippen molar-refractivity contribution in [2.75, 3.05) is 26.2 Å². The molecule has 0 unspecified atom stereocenters. The fourth-order valence-electron chi connectivity index (χ4n) is 4.26. The molecule has 7 heteroatoms. The van der Waals surface area contributed by atoms with Gasteiger partial charge in [-0.25, -0.2) is 9.78 Å². The van der Waals surface area contributed by atoms with Gasteiger partial charge in [0.1, 0.15) is 11.3 Å². The van der Waals surface area contributed by atoms with Gasteiger partial charge in [-0.05, 0) is 48.1 Å². The molecule has 1 aromatic carbocycles. The first-order valence-electron chi connectivity index (χ1n) is 11.1. The Labute approximate surface area is 191 Å². The molecule has 0 amide bonds. The fraction of sp³-hybridized carbons (Fsp3) is 0.360. The number of nitrogens with zero attached hydrogens (tertiary/aromatic N) is 3. The summed E-state index contributed by atoms with van der Waals surface area (Å²) >= 11 is 1.64. The van der Waals surface area contributed by atoms with Crippen LogP contribution in [0.25, 0.3) is 21.7 Å². The normalized spacial score (nSPS) is 15.6. The van der Waals surface area contributed by atoms with Gasteiger partial charge in [0.2, 0.25) is 5.89 Å². The van der Waals surface area contributed by atoms with E-state index in [2.05, 4.69) is 22.8 Å². The molecule has 4 aromatic rings. The van der Waals surface area contributed by atoms with Crippen LogP contribution in [0, 0.1) is 6.92 Å². The first kappa shape index (κ1) is 21.1. The lowest BCUT2D eigenvalue weighted by molar-refractivity contribution is 0.121. The number of benzene rings is 1. The van der Waals surface area contributed by atoms with Crippen LogP contribution in [0.2, 0.25) is 0 Å². The van der Waals surface area contributed by atoms with E-state index in [0.29, 0.717) is 11.5 Å². The Morgan fingerprint density at radius 2 is 1.81 bits per heavy atom. The topological polar surface area (TPSA) is 62.7 Å². The molecule has 0 N–H and O–H groups in total. The van der Waals surface area contributed by atoms with Gasteiger partial charge in [0.25, 0.3) is 0 Å². The van der Waals surface area contributed by atoms with Crippen molar-refractivity contribution in [2.24, 2.45) is 0 Å². The molecule has 32 heavy (non-hydrogen) atoms. The number of aryl methyl sites for hydroxylation is 2. The number of oxazole rings is 1. The second kappa shape index (κ2) is 9.02. The zero-order chi connectivity index (χ0) is 22.1. The monoisotopic (exact) mass is 449 g/mol. The van der Waals surface area contributed by atoms with Crippen molar-refractivity contribution in [2.45, 2.75) is 33.4 Å². The molecule has 0 atom stereocenters. The third kappa shape index (κ3) is 4.41. The Morgan fingerprint density at radius 1 is 1.03 bits per heavy atom. The summed E-state index contributed by atoms with van der Waals surface area (Å²) < 4.78 is 11.3. The molecular formula is C25H27N3O3S. The molecule has 166 valence electrons. The third-order valence-corrected chi connectivity index (χ3v) is 7.02. The van der Waals surface area contributed by atoms with Crippen molar-refractivity contribution >= 4 is 22.3 Å². The van der Waals surface area contributed by atoms with Crippen LogP contribution < -0.4 is 5.63 Å². The van der Waals surface area contributed by atoms with Crippen LogP contribution >= 0.6 is 11.3 Å². The standard InChI is InChI=1S/C25H27N3O3S/c1-3-18-6-7-22-20(13-18)19(14-24(29)31-22)15-27-8-10-28(11-9-27)16-21-17(2)30-25(26-21)23-5-4-12-32-23/h4-7,12-14H,3,8-11,15-16H2,1-2H3. The Hall–Kier alpha value is -2.74. The van der Waals surface area contributed by atoms with Crippen molar-refractivity contribution in [1.82, 2.24) is 14.8 Å². The second-order valence-corrected chi connectivity index (χ2v) is 9.27. The van der Waals surface area contributed by atoms with E-state index in [9.17, 15) is 4.79 Å². The average Bonchev–Trinajstić information content (AvgIpc) is 3.45. The highest BCUT2D eigenvalue weighted by atomic mass is 32.1. The van der Waals surface area contributed by atoms with Crippen molar-refractivity contribution in [1.29, 1.82) is 0 Å². The molecule has 0 saturated carbocycles. The molecule has 1 aliphatic rings. The Balaban J connectivity index is 1.25. The summed E-state index contributed by atoms with van der Waals surface area (Å²) in [7, 11) is 0. The van der Waals surface area contributed by atoms with Crippen molar-refractivity contribution in [3.05, 3.63) is 74.8 Å². The van der Waals surface area contributed by atoms with Crippen LogP contribution in [0.15, 0.2) is 55.4 Å². The highest BCUT2D eigenvalue weighted by molar-refractivity contribution is 7.13. The molecule has 0 bridgehead atoms. The number of fused-ring (bicyclic) bond motifs is 1. The largest absolute Gasteiger partial charge is 0.440 e. The molecule has 0 spiro atoms. The summed E-state index contributed by atoms with van der Waals surface area (Å²) in [5, 5.41) is 3.09. The zero-order valence-electron chi connectivity index (χ0n) is 18.5. The van der Waals surface area contributed by atoms with E-state index in [1.54, 1.807) is 17.4 Å². The lowest BCUT2D eigenvalue weighted by Crippen LogP contribution is -2.45. The highest BCUT2D eigenvalue weighted by Gasteiger charge is 2.21. The van der Waals surface area contributed by atoms with Crippen LogP contribution in [0.4, 0.5) is 0 Å². The third-order valence-electron chi connectivity index (χ3n) is 6.16. The van der Waals surface area contributed by atoms with Gasteiger partial charge in [-0.1, -0.05) is 19.1 Å². The lowest BCUT2D eigenvalue weighted by atomic mass is 10.0. The zero-order valence-corrected chi connectivity index (χ0v) is 19.3. The number of rotatable bonds is 6. The van der Waals surface area contributed by atoms with Crippen LogP contribution in [0.1, 0.15) is 29.5 Å². The summed E-state index contributed by atoms with van der Waals surface area (Å²) in [6.45, 7) is 9.50. The van der Waals surface area contributed by atoms with Gasteiger partial charge in [0.15, 0.2) is 0 Å². The van der Waals surface area contributed by atoms with E-state index in [4.69, 9.17) is 13.8 Å². The van der Waals surface area contributed by atoms with Crippen LogP contribution in [0.5, 0.6) is 0 Å². The van der Waals surface area contributed by atoms with E-state index in [1.165, 1.54) is 5.56 Å². The predicted octanol–water partition coefficient (Wildman–Crippen LogP) is 4.70.